The second-order valence-electron chi connectivity index (χ2n) is 3.23. The van der Waals surface area contributed by atoms with E-state index in [2.05, 4.69) is 4.98 Å². The van der Waals surface area contributed by atoms with Gasteiger partial charge in [-0.25, -0.2) is 9.37 Å². The third-order valence-electron chi connectivity index (χ3n) is 2.10. The van der Waals surface area contributed by atoms with Gasteiger partial charge in [0, 0.05) is 18.3 Å². The molecule has 0 aliphatic heterocycles. The average Bonchev–Trinajstić information content (AvgIpc) is 2.33. The summed E-state index contributed by atoms with van der Waals surface area (Å²) in [5, 5.41) is 0. The van der Waals surface area contributed by atoms with Gasteiger partial charge in [0.05, 0.1) is 0 Å². The lowest BCUT2D eigenvalue weighted by molar-refractivity contribution is 0.455. The Bertz CT molecular complexity index is 471. The van der Waals surface area contributed by atoms with Gasteiger partial charge >= 0.3 is 0 Å². The van der Waals surface area contributed by atoms with Crippen LogP contribution in [0.1, 0.15) is 5.56 Å². The Morgan fingerprint density at radius 3 is 2.62 bits per heavy atom. The fourth-order valence-electron chi connectivity index (χ4n) is 1.29. The molecule has 0 saturated heterocycles. The third kappa shape index (κ3) is 2.35. The van der Waals surface area contributed by atoms with Gasteiger partial charge in [-0.3, -0.25) is 0 Å². The molecule has 0 saturated carbocycles. The Hall–Kier alpha value is -1.94. The smallest absolute Gasteiger partial charge is 0.223 e. The summed E-state index contributed by atoms with van der Waals surface area (Å²) >= 11 is 0. The molecule has 1 aromatic carbocycles. The number of nitrogens with two attached hydrogens (primary N) is 1. The van der Waals surface area contributed by atoms with E-state index in [-0.39, 0.29) is 5.82 Å². The van der Waals surface area contributed by atoms with Crippen molar-refractivity contribution in [3.8, 4) is 11.6 Å². The molecule has 1 heterocycles. The topological polar surface area (TPSA) is 48.1 Å². The van der Waals surface area contributed by atoms with Gasteiger partial charge in [-0.2, -0.15) is 0 Å². The van der Waals surface area contributed by atoms with Crippen LogP contribution in [0.2, 0.25) is 0 Å². The molecule has 0 spiro atoms. The van der Waals surface area contributed by atoms with Gasteiger partial charge in [-0.05, 0) is 30.3 Å². The largest absolute Gasteiger partial charge is 0.439 e. The Kier molecular flexibility index (Phi) is 3.12. The van der Waals surface area contributed by atoms with Crippen molar-refractivity contribution in [1.82, 2.24) is 4.98 Å². The van der Waals surface area contributed by atoms with Crippen LogP contribution in [0.25, 0.3) is 0 Å². The number of ether oxygens (including phenoxy) is 1. The standard InChI is InChI=1S/C12H11FN2O/c13-10-3-5-11(6-4-10)16-12-9(8-14)2-1-7-15-12/h1-7H,8,14H2. The molecule has 0 bridgehead atoms. The molecule has 0 fully saturated rings. The summed E-state index contributed by atoms with van der Waals surface area (Å²) in [6.45, 7) is 0.352. The zero-order chi connectivity index (χ0) is 11.4. The average molecular weight is 218 g/mol. The number of hydrogen-bond acceptors (Lipinski definition) is 3. The van der Waals surface area contributed by atoms with Crippen molar-refractivity contribution < 1.29 is 9.13 Å². The molecule has 3 nitrogen and oxygen atoms in total. The van der Waals surface area contributed by atoms with Crippen LogP contribution in [0.3, 0.4) is 0 Å². The van der Waals surface area contributed by atoms with Gasteiger partial charge in [0.1, 0.15) is 11.6 Å². The van der Waals surface area contributed by atoms with Crippen LogP contribution in [-0.2, 0) is 6.54 Å². The van der Waals surface area contributed by atoms with Crippen LogP contribution in [0, 0.1) is 5.82 Å². The van der Waals surface area contributed by atoms with Crippen LogP contribution < -0.4 is 10.5 Å². The molecule has 0 aliphatic carbocycles. The lowest BCUT2D eigenvalue weighted by atomic mass is 10.3. The van der Waals surface area contributed by atoms with Crippen LogP contribution in [0.15, 0.2) is 42.6 Å². The maximum atomic E-state index is 12.7. The lowest BCUT2D eigenvalue weighted by Gasteiger charge is -2.07. The Morgan fingerprint density at radius 1 is 1.19 bits per heavy atom. The molecular formula is C12H11FN2O. The fraction of sp³-hybridized carbons (Fsp3) is 0.0833. The van der Waals surface area contributed by atoms with Gasteiger partial charge in [0.2, 0.25) is 5.88 Å². The molecule has 1 aromatic heterocycles. The fourth-order valence-corrected chi connectivity index (χ4v) is 1.29. The highest BCUT2D eigenvalue weighted by Crippen LogP contribution is 2.22. The Morgan fingerprint density at radius 2 is 1.94 bits per heavy atom. The van der Waals surface area contributed by atoms with E-state index in [9.17, 15) is 4.39 Å². The van der Waals surface area contributed by atoms with E-state index in [1.54, 1.807) is 24.4 Å². The second kappa shape index (κ2) is 4.72. The molecule has 0 aliphatic rings. The molecule has 2 aromatic rings. The number of pyridine rings is 1. The summed E-state index contributed by atoms with van der Waals surface area (Å²) in [5.41, 5.74) is 6.36. The highest BCUT2D eigenvalue weighted by molar-refractivity contribution is 5.32. The van der Waals surface area contributed by atoms with E-state index < -0.39 is 0 Å². The molecule has 4 heteroatoms. The molecule has 0 amide bonds. The minimum absolute atomic E-state index is 0.299. The molecule has 0 atom stereocenters. The summed E-state index contributed by atoms with van der Waals surface area (Å²) in [4.78, 5) is 4.07. The van der Waals surface area contributed by atoms with E-state index in [0.29, 0.717) is 18.2 Å². The number of aromatic nitrogens is 1. The predicted molar refractivity (Wildman–Crippen MR) is 58.6 cm³/mol. The summed E-state index contributed by atoms with van der Waals surface area (Å²) in [7, 11) is 0. The first-order valence-corrected chi connectivity index (χ1v) is 4.87. The summed E-state index contributed by atoms with van der Waals surface area (Å²) in [5.74, 6) is 0.693. The first kappa shape index (κ1) is 10.6. The SMILES string of the molecule is NCc1cccnc1Oc1ccc(F)cc1. The maximum Gasteiger partial charge on any atom is 0.223 e. The van der Waals surface area contributed by atoms with Crippen molar-refractivity contribution in [3.05, 3.63) is 54.0 Å². The van der Waals surface area contributed by atoms with E-state index in [4.69, 9.17) is 10.5 Å². The van der Waals surface area contributed by atoms with Gasteiger partial charge in [-0.1, -0.05) is 6.07 Å². The number of hydrogen-bond donors (Lipinski definition) is 1. The summed E-state index contributed by atoms with van der Waals surface area (Å²) in [6, 6.07) is 9.39. The molecule has 2 rings (SSSR count). The predicted octanol–water partition coefficient (Wildman–Crippen LogP) is 2.47. The maximum absolute atomic E-state index is 12.7. The second-order valence-corrected chi connectivity index (χ2v) is 3.23. The molecule has 0 unspecified atom stereocenters. The van der Waals surface area contributed by atoms with Gasteiger partial charge < -0.3 is 10.5 Å². The van der Waals surface area contributed by atoms with Crippen molar-refractivity contribution in [3.63, 3.8) is 0 Å². The van der Waals surface area contributed by atoms with Crippen molar-refractivity contribution in [1.29, 1.82) is 0 Å². The van der Waals surface area contributed by atoms with E-state index >= 15 is 0 Å². The normalized spacial score (nSPS) is 10.1. The van der Waals surface area contributed by atoms with Crippen molar-refractivity contribution >= 4 is 0 Å². The number of rotatable bonds is 3. The Balaban J connectivity index is 2.23. The quantitative estimate of drug-likeness (QED) is 0.860. The Labute approximate surface area is 92.7 Å². The molecular weight excluding hydrogens is 207 g/mol. The highest BCUT2D eigenvalue weighted by atomic mass is 19.1. The van der Waals surface area contributed by atoms with E-state index in [1.165, 1.54) is 12.1 Å². The summed E-state index contributed by atoms with van der Waals surface area (Å²) < 4.78 is 18.2. The van der Waals surface area contributed by atoms with Gasteiger partial charge in [-0.15, -0.1) is 0 Å². The van der Waals surface area contributed by atoms with E-state index in [1.807, 2.05) is 6.07 Å². The summed E-state index contributed by atoms with van der Waals surface area (Å²) in [6.07, 6.45) is 1.62. The highest BCUT2D eigenvalue weighted by Gasteiger charge is 2.04. The van der Waals surface area contributed by atoms with Crippen LogP contribution in [0.4, 0.5) is 4.39 Å². The third-order valence-corrected chi connectivity index (χ3v) is 2.10. The van der Waals surface area contributed by atoms with Crippen molar-refractivity contribution in [2.45, 2.75) is 6.54 Å². The number of benzene rings is 1. The number of halogens is 1. The van der Waals surface area contributed by atoms with Gasteiger partial charge in [0.15, 0.2) is 0 Å². The first-order chi connectivity index (χ1) is 7.79. The zero-order valence-corrected chi connectivity index (χ0v) is 8.56. The van der Waals surface area contributed by atoms with E-state index in [0.717, 1.165) is 5.56 Å². The van der Waals surface area contributed by atoms with Crippen molar-refractivity contribution in [2.24, 2.45) is 5.73 Å². The van der Waals surface area contributed by atoms with Crippen LogP contribution in [0.5, 0.6) is 11.6 Å². The van der Waals surface area contributed by atoms with Crippen LogP contribution in [-0.4, -0.2) is 4.98 Å². The van der Waals surface area contributed by atoms with Crippen molar-refractivity contribution in [2.75, 3.05) is 0 Å². The first-order valence-electron chi connectivity index (χ1n) is 4.87. The number of nitrogens with zero attached hydrogens (tertiary/aromatic N) is 1. The van der Waals surface area contributed by atoms with Crippen LogP contribution >= 0.6 is 0 Å². The lowest BCUT2D eigenvalue weighted by Crippen LogP contribution is -2.00. The molecule has 0 radical (unpaired) electrons. The van der Waals surface area contributed by atoms with Gasteiger partial charge in [0.25, 0.3) is 0 Å². The minimum Gasteiger partial charge on any atom is -0.439 e. The minimum atomic E-state index is -0.299. The monoisotopic (exact) mass is 218 g/mol. The molecule has 82 valence electrons. The zero-order valence-electron chi connectivity index (χ0n) is 8.56. The molecule has 16 heavy (non-hydrogen) atoms. The molecule has 2 N–H and O–H groups in total.